The summed E-state index contributed by atoms with van der Waals surface area (Å²) in [4.78, 5) is 0. The van der Waals surface area contributed by atoms with Crippen LogP contribution in [0.1, 0.15) is 67.2 Å². The predicted molar refractivity (Wildman–Crippen MR) is 71.1 cm³/mol. The zero-order valence-corrected chi connectivity index (χ0v) is 11.5. The van der Waals surface area contributed by atoms with E-state index in [0.29, 0.717) is 5.41 Å². The van der Waals surface area contributed by atoms with Gasteiger partial charge >= 0.3 is 0 Å². The van der Waals surface area contributed by atoms with Crippen LogP contribution in [0.4, 0.5) is 0 Å². The average Bonchev–Trinajstić information content (AvgIpc) is 2.27. The molecule has 0 heterocycles. The summed E-state index contributed by atoms with van der Waals surface area (Å²) >= 11 is 0. The summed E-state index contributed by atoms with van der Waals surface area (Å²) < 4.78 is 0. The van der Waals surface area contributed by atoms with Gasteiger partial charge in [0.25, 0.3) is 0 Å². The molecule has 1 atom stereocenters. The van der Waals surface area contributed by atoms with Gasteiger partial charge in [-0.3, -0.25) is 0 Å². The Morgan fingerprint density at radius 2 is 1.93 bits per heavy atom. The molecule has 0 bridgehead atoms. The zero-order chi connectivity index (χ0) is 11.9. The second-order valence-electron chi connectivity index (χ2n) is 4.65. The van der Waals surface area contributed by atoms with Crippen LogP contribution in [0, 0.1) is 5.41 Å². The quantitative estimate of drug-likeness (QED) is 0.561. The highest BCUT2D eigenvalue weighted by Gasteiger charge is 2.27. The highest BCUT2D eigenvalue weighted by molar-refractivity contribution is 5.28. The predicted octanol–water partition coefficient (Wildman–Crippen LogP) is 5.51. The fourth-order valence-electron chi connectivity index (χ4n) is 2.05. The number of rotatable bonds is 2. The van der Waals surface area contributed by atoms with Crippen molar-refractivity contribution in [2.45, 2.75) is 67.2 Å². The zero-order valence-electron chi connectivity index (χ0n) is 11.5. The topological polar surface area (TPSA) is 0 Å². The molecule has 0 saturated heterocycles. The molecule has 0 aromatic rings. The maximum absolute atomic E-state index is 2.42. The van der Waals surface area contributed by atoms with Gasteiger partial charge in [0.15, 0.2) is 0 Å². The number of allylic oxidation sites excluding steroid dienone is 4. The maximum atomic E-state index is 2.42. The Bertz CT molecular complexity index is 232. The highest BCUT2D eigenvalue weighted by Crippen LogP contribution is 2.41. The Balaban J connectivity index is 0.000000921. The third-order valence-corrected chi connectivity index (χ3v) is 3.49. The van der Waals surface area contributed by atoms with Crippen LogP contribution >= 0.6 is 0 Å². The van der Waals surface area contributed by atoms with E-state index >= 15 is 0 Å². The minimum absolute atomic E-state index is 0.564. The molecule has 15 heavy (non-hydrogen) atoms. The first-order chi connectivity index (χ1) is 7.11. The first-order valence-electron chi connectivity index (χ1n) is 6.42. The summed E-state index contributed by atoms with van der Waals surface area (Å²) in [6, 6.07) is 0. The summed E-state index contributed by atoms with van der Waals surface area (Å²) in [5.41, 5.74) is 3.75. The van der Waals surface area contributed by atoms with Gasteiger partial charge in [0.2, 0.25) is 0 Å². The molecule has 0 amide bonds. The van der Waals surface area contributed by atoms with Gasteiger partial charge in [0.05, 0.1) is 0 Å². The number of hydrogen-bond donors (Lipinski definition) is 0. The van der Waals surface area contributed by atoms with Gasteiger partial charge in [0.1, 0.15) is 0 Å². The maximum Gasteiger partial charge on any atom is -0.0225 e. The monoisotopic (exact) mass is 208 g/mol. The Labute approximate surface area is 96.5 Å². The van der Waals surface area contributed by atoms with Crippen molar-refractivity contribution in [3.8, 4) is 0 Å². The van der Waals surface area contributed by atoms with Crippen molar-refractivity contribution in [3.05, 3.63) is 23.3 Å². The number of hydrogen-bond acceptors (Lipinski definition) is 0. The van der Waals surface area contributed by atoms with Gasteiger partial charge in [-0.1, -0.05) is 51.8 Å². The third kappa shape index (κ3) is 4.24. The molecule has 1 aliphatic rings. The first-order valence-corrected chi connectivity index (χ1v) is 6.42. The lowest BCUT2D eigenvalue weighted by atomic mass is 9.71. The van der Waals surface area contributed by atoms with Crippen LogP contribution in [-0.2, 0) is 0 Å². The first kappa shape index (κ1) is 14.5. The molecular formula is C15H28. The molecule has 0 spiro atoms. The van der Waals surface area contributed by atoms with Crippen LogP contribution in [0.2, 0.25) is 0 Å². The molecule has 0 nitrogen and oxygen atoms in total. The van der Waals surface area contributed by atoms with Crippen LogP contribution in [0.3, 0.4) is 0 Å². The normalized spacial score (nSPS) is 26.5. The Morgan fingerprint density at radius 3 is 2.40 bits per heavy atom. The Kier molecular flexibility index (Phi) is 6.63. The molecule has 0 heteroatoms. The molecule has 0 aromatic carbocycles. The fourth-order valence-corrected chi connectivity index (χ4v) is 2.05. The van der Waals surface area contributed by atoms with Gasteiger partial charge < -0.3 is 0 Å². The van der Waals surface area contributed by atoms with E-state index in [1.807, 2.05) is 13.8 Å². The van der Waals surface area contributed by atoms with E-state index in [9.17, 15) is 0 Å². The minimum Gasteiger partial charge on any atom is -0.0874 e. The van der Waals surface area contributed by atoms with E-state index in [-0.39, 0.29) is 0 Å². The van der Waals surface area contributed by atoms with E-state index in [1.165, 1.54) is 25.7 Å². The molecule has 0 N–H and O–H groups in total. The second-order valence-corrected chi connectivity index (χ2v) is 4.65. The highest BCUT2D eigenvalue weighted by atomic mass is 14.3. The van der Waals surface area contributed by atoms with E-state index in [0.717, 1.165) is 0 Å². The van der Waals surface area contributed by atoms with Gasteiger partial charge in [-0.05, 0) is 44.1 Å². The van der Waals surface area contributed by atoms with Crippen molar-refractivity contribution in [2.24, 2.45) is 5.41 Å². The van der Waals surface area contributed by atoms with Crippen molar-refractivity contribution in [3.63, 3.8) is 0 Å². The van der Waals surface area contributed by atoms with Gasteiger partial charge in [0, 0.05) is 0 Å². The summed E-state index contributed by atoms with van der Waals surface area (Å²) in [6.45, 7) is 13.1. The molecule has 0 fully saturated rings. The van der Waals surface area contributed by atoms with Crippen LogP contribution < -0.4 is 0 Å². The molecule has 1 rings (SSSR count). The minimum atomic E-state index is 0.564. The smallest absolute Gasteiger partial charge is 0.0225 e. The van der Waals surface area contributed by atoms with Crippen LogP contribution in [-0.4, -0.2) is 0 Å². The van der Waals surface area contributed by atoms with E-state index in [2.05, 4.69) is 39.8 Å². The lowest BCUT2D eigenvalue weighted by molar-refractivity contribution is 0.269. The molecule has 1 unspecified atom stereocenters. The summed E-state index contributed by atoms with van der Waals surface area (Å²) in [7, 11) is 0. The lowest BCUT2D eigenvalue weighted by Crippen LogP contribution is -2.20. The van der Waals surface area contributed by atoms with E-state index in [4.69, 9.17) is 0 Å². The van der Waals surface area contributed by atoms with Gasteiger partial charge in [-0.15, -0.1) is 0 Å². The van der Waals surface area contributed by atoms with Crippen molar-refractivity contribution in [2.75, 3.05) is 0 Å². The van der Waals surface area contributed by atoms with Gasteiger partial charge in [-0.2, -0.15) is 0 Å². The molecule has 0 aromatic heterocycles. The van der Waals surface area contributed by atoms with E-state index < -0.39 is 0 Å². The Morgan fingerprint density at radius 1 is 1.33 bits per heavy atom. The van der Waals surface area contributed by atoms with Crippen LogP contribution in [0.25, 0.3) is 0 Å². The molecule has 0 radical (unpaired) electrons. The molecular weight excluding hydrogens is 180 g/mol. The summed E-state index contributed by atoms with van der Waals surface area (Å²) in [6.07, 6.45) is 9.71. The summed E-state index contributed by atoms with van der Waals surface area (Å²) in [5, 5.41) is 0. The van der Waals surface area contributed by atoms with Crippen molar-refractivity contribution in [1.82, 2.24) is 0 Å². The molecule has 88 valence electrons. The average molecular weight is 208 g/mol. The standard InChI is InChI=1S/C13H22.C2H6/c1-5-7-12-10-13(4,6-2)9-8-11(12)3;1-2/h5,7H,6,8-10H2,1-4H3;1-2H3/b7-5-;. The van der Waals surface area contributed by atoms with Crippen molar-refractivity contribution in [1.29, 1.82) is 0 Å². The van der Waals surface area contributed by atoms with E-state index in [1.54, 1.807) is 11.1 Å². The Hall–Kier alpha value is -0.520. The van der Waals surface area contributed by atoms with Gasteiger partial charge in [-0.25, -0.2) is 0 Å². The molecule has 0 aliphatic heterocycles. The van der Waals surface area contributed by atoms with Crippen LogP contribution in [0.15, 0.2) is 23.3 Å². The summed E-state index contributed by atoms with van der Waals surface area (Å²) in [5.74, 6) is 0. The fraction of sp³-hybridized carbons (Fsp3) is 0.733. The van der Waals surface area contributed by atoms with Crippen molar-refractivity contribution >= 4 is 0 Å². The molecule has 1 aliphatic carbocycles. The lowest BCUT2D eigenvalue weighted by Gasteiger charge is -2.34. The van der Waals surface area contributed by atoms with Crippen LogP contribution in [0.5, 0.6) is 0 Å². The van der Waals surface area contributed by atoms with Crippen molar-refractivity contribution < 1.29 is 0 Å². The third-order valence-electron chi connectivity index (χ3n) is 3.49. The largest absolute Gasteiger partial charge is 0.0874 e. The SMILES string of the molecule is C/C=C\C1=C(C)CCC(C)(CC)C1.CC. The molecule has 0 saturated carbocycles. The second kappa shape index (κ2) is 6.87.